The number of nitrogens with zero attached hydrogens (tertiary/aromatic N) is 11. The molecule has 584 valence electrons. The van der Waals surface area contributed by atoms with Crippen LogP contribution in [0.3, 0.4) is 0 Å². The highest BCUT2D eigenvalue weighted by atomic mass is 79.9. The molecule has 0 radical (unpaired) electrons. The first-order chi connectivity index (χ1) is 49.5. The van der Waals surface area contributed by atoms with E-state index >= 15 is 0 Å². The molecular weight excluding hydrogens is 1520 g/mol. The van der Waals surface area contributed by atoms with Crippen molar-refractivity contribution in [2.24, 2.45) is 13.0 Å². The molecule has 10 aromatic rings. The lowest BCUT2D eigenvalue weighted by atomic mass is 10.0. The topological polar surface area (TPSA) is 146 Å². The summed E-state index contributed by atoms with van der Waals surface area (Å²) in [7, 11) is 2.07. The lowest BCUT2D eigenvalue weighted by Gasteiger charge is -2.13. The minimum Gasteiger partial charge on any atom is -0.399 e. The molecule has 7 aromatic heterocycles. The van der Waals surface area contributed by atoms with Crippen molar-refractivity contribution in [3.8, 4) is 0 Å². The Kier molecular flexibility index (Phi) is 27.5. The van der Waals surface area contributed by atoms with Gasteiger partial charge in [-0.1, -0.05) is 61.3 Å². The molecule has 3 aliphatic rings. The van der Waals surface area contributed by atoms with Gasteiger partial charge in [0.25, 0.3) is 30.6 Å². The molecule has 2 N–H and O–H groups in total. The minimum atomic E-state index is -3.56. The van der Waals surface area contributed by atoms with E-state index in [4.69, 9.17) is 28.9 Å². The standard InChI is InChI=1S/C12H14F2N2O.C12H16N2.C12H15N.C11H11Cl2N.C11H12F4N2O.C11H15F3N2.C9H12BrF3N2/c1-5(2)16-9-8(6-4-7(6)10(9)17)11(15-16)12(3,13)14;1-8(2)11-7-14(3)12-5-4-9(13)6-10(11)12;1-9(2)13-7-6-11-8-10(3)4-5-12(11)13;1-7(2)14-4-3-9-10(13)5-8(12)6-11(9)14;1-5(2)17-8-6(18)4-11(14,15)7(8)9(16-17)10(3,12)13;1-5-8-9(7(4)12)15-16(6(2)3)10(8)11(13)14;1-4(2)15-8(9(12)13)6(10)7(14-15)5(3)11/h5-7H,4H2,1-3H3;4-8H,13H2,1-3H3;4-9H,1-3H3;3-7H,1-2H3;5H,4H2,1-3H3;5-7,11H,1H2,2-4H3;4-5,9H,1-3H3. The fourth-order valence-electron chi connectivity index (χ4n) is 13.0. The monoisotopic (exact) mass is 1610 g/mol. The number of ketones is 2. The van der Waals surface area contributed by atoms with Crippen molar-refractivity contribution < 1.29 is 62.3 Å². The predicted molar refractivity (Wildman–Crippen MR) is 405 cm³/mol. The number of aryl methyl sites for hydroxylation is 2. The van der Waals surface area contributed by atoms with Gasteiger partial charge in [0, 0.05) is 125 Å². The summed E-state index contributed by atoms with van der Waals surface area (Å²) in [4.78, 5) is 23.6. The number of hydrogen-bond donors (Lipinski definition) is 1. The molecular formula is C78H95BrCl2F12N12O2. The normalized spacial score (nSPS) is 15.7. The number of nitrogen functional groups attached to an aromatic ring is 1. The minimum absolute atomic E-state index is 0.00157. The Hall–Kier alpha value is -7.78. The van der Waals surface area contributed by atoms with Gasteiger partial charge in [0.15, 0.2) is 11.6 Å². The third kappa shape index (κ3) is 18.9. The van der Waals surface area contributed by atoms with Crippen molar-refractivity contribution in [2.45, 2.75) is 235 Å². The molecule has 0 bridgehead atoms. The Bertz CT molecular complexity index is 4800. The fraction of sp³-hybridized carbons (Fsp3) is 0.487. The molecule has 1 saturated carbocycles. The average Bonchev–Trinajstić information content (AvgIpc) is 1.53. The second-order valence-electron chi connectivity index (χ2n) is 29.2. The molecule has 29 heteroatoms. The quantitative estimate of drug-likeness (QED) is 0.0842. The van der Waals surface area contributed by atoms with Crippen LogP contribution in [0.2, 0.25) is 10.0 Å². The number of benzene rings is 3. The molecule has 0 saturated heterocycles. The summed E-state index contributed by atoms with van der Waals surface area (Å²) in [5, 5.41) is 20.3. The maximum atomic E-state index is 13.6. The summed E-state index contributed by atoms with van der Waals surface area (Å²) in [5.41, 5.74) is 11.1. The van der Waals surface area contributed by atoms with Gasteiger partial charge in [0.1, 0.15) is 57.9 Å². The van der Waals surface area contributed by atoms with Crippen molar-refractivity contribution in [2.75, 3.05) is 5.73 Å². The van der Waals surface area contributed by atoms with Crippen LogP contribution in [0.5, 0.6) is 0 Å². The highest BCUT2D eigenvalue weighted by Crippen LogP contribution is 2.59. The number of fused-ring (bicyclic) bond motifs is 7. The molecule has 3 aromatic carbocycles. The molecule has 0 spiro atoms. The largest absolute Gasteiger partial charge is 0.399 e. The second kappa shape index (κ2) is 34.0. The smallest absolute Gasteiger partial charge is 0.289 e. The molecule has 4 unspecified atom stereocenters. The van der Waals surface area contributed by atoms with Gasteiger partial charge in [-0.15, -0.1) is 0 Å². The van der Waals surface area contributed by atoms with Crippen molar-refractivity contribution in [3.63, 3.8) is 0 Å². The first-order valence-corrected chi connectivity index (χ1v) is 36.8. The Morgan fingerprint density at radius 1 is 0.607 bits per heavy atom. The first kappa shape index (κ1) is 86.5. The van der Waals surface area contributed by atoms with E-state index in [0.717, 1.165) is 44.0 Å². The van der Waals surface area contributed by atoms with Gasteiger partial charge >= 0.3 is 0 Å². The molecule has 107 heavy (non-hydrogen) atoms. The summed E-state index contributed by atoms with van der Waals surface area (Å²) >= 11 is 15.0. The number of carbonyl (C=O) groups is 2. The molecule has 14 nitrogen and oxygen atoms in total. The number of nitrogens with two attached hydrogens (primary N) is 1. The van der Waals surface area contributed by atoms with Crippen LogP contribution < -0.4 is 5.73 Å². The van der Waals surface area contributed by atoms with Gasteiger partial charge in [0.2, 0.25) is 0 Å². The van der Waals surface area contributed by atoms with Crippen molar-refractivity contribution >= 4 is 95.2 Å². The number of halogens is 15. The zero-order valence-electron chi connectivity index (χ0n) is 63.7. The lowest BCUT2D eigenvalue weighted by molar-refractivity contribution is -0.0202. The van der Waals surface area contributed by atoms with E-state index in [0.29, 0.717) is 46.2 Å². The van der Waals surface area contributed by atoms with Crippen LogP contribution in [-0.4, -0.2) is 64.4 Å². The maximum Gasteiger partial charge on any atom is 0.289 e. The Labute approximate surface area is 634 Å². The van der Waals surface area contributed by atoms with E-state index in [1.54, 1.807) is 47.6 Å². The number of carbonyl (C=O) groups excluding carboxylic acids is 2. The second-order valence-corrected chi connectivity index (χ2v) is 30.8. The van der Waals surface area contributed by atoms with Gasteiger partial charge in [0.05, 0.1) is 27.0 Å². The third-order valence-electron chi connectivity index (χ3n) is 18.1. The summed E-state index contributed by atoms with van der Waals surface area (Å²) in [5.74, 6) is -10.4. The number of anilines is 1. The zero-order chi connectivity index (χ0) is 80.6. The average molecular weight is 1610 g/mol. The van der Waals surface area contributed by atoms with Crippen molar-refractivity contribution in [1.29, 1.82) is 0 Å². The van der Waals surface area contributed by atoms with E-state index in [-0.39, 0.29) is 79.9 Å². The van der Waals surface area contributed by atoms with Crippen LogP contribution >= 0.6 is 39.1 Å². The third-order valence-corrected chi connectivity index (χ3v) is 19.4. The summed E-state index contributed by atoms with van der Waals surface area (Å²) in [6, 6.07) is 20.6. The van der Waals surface area contributed by atoms with Crippen LogP contribution in [0.4, 0.5) is 58.4 Å². The molecule has 4 atom stereocenters. The van der Waals surface area contributed by atoms with Crippen LogP contribution in [-0.2, 0) is 24.8 Å². The summed E-state index contributed by atoms with van der Waals surface area (Å²) in [6.45, 7) is 36.3. The van der Waals surface area contributed by atoms with Gasteiger partial charge in [-0.05, 0) is 204 Å². The molecule has 13 rings (SSSR count). The number of alkyl halides is 12. The highest BCUT2D eigenvalue weighted by Gasteiger charge is 2.58. The zero-order valence-corrected chi connectivity index (χ0v) is 66.8. The van der Waals surface area contributed by atoms with E-state index in [2.05, 4.69) is 161 Å². The van der Waals surface area contributed by atoms with Crippen molar-refractivity contribution in [1.82, 2.24) is 52.8 Å². The number of rotatable bonds is 14. The van der Waals surface area contributed by atoms with E-state index < -0.39 is 72.5 Å². The van der Waals surface area contributed by atoms with Gasteiger partial charge in [-0.25, -0.2) is 35.1 Å². The molecule has 1 fully saturated rings. The molecule has 0 amide bonds. The fourth-order valence-corrected chi connectivity index (χ4v) is 14.3. The van der Waals surface area contributed by atoms with E-state index in [1.807, 2.05) is 38.2 Å². The van der Waals surface area contributed by atoms with Crippen LogP contribution in [0.15, 0.2) is 90.3 Å². The number of Topliss-reactive ketones (excluding diaryl/α,β-unsaturated/α-hetero) is 2. The highest BCUT2D eigenvalue weighted by molar-refractivity contribution is 9.10. The molecule has 3 aliphatic carbocycles. The molecule has 0 aliphatic heterocycles. The number of hydrogen-bond acceptors (Lipinski definition) is 7. The SMILES string of the molecule is C=Cc1c(C(C)F)nn(C(C)C)c1C(F)F.CC(C)c1cn(C)c2ccc(N)cc12.CC(C)n1ccc2c(Cl)cc(Cl)cc21.CC(C)n1nc(C(C)(F)F)c2c1C(=O)C1CC21.CC(C)n1nc(C(C)(F)F)c2c1C(=O)CC2(F)F.CC(F)c1nn(C(C)C)c(C(F)F)c1Br.Cc1ccc2c(ccn2C(C)C)c1. The summed E-state index contributed by atoms with van der Waals surface area (Å²) in [6.07, 6.45) is -0.811. The predicted octanol–water partition coefficient (Wildman–Crippen LogP) is 25.3. The Morgan fingerprint density at radius 2 is 1.11 bits per heavy atom. The van der Waals surface area contributed by atoms with E-state index in [1.165, 1.54) is 57.5 Å². The van der Waals surface area contributed by atoms with E-state index in [9.17, 15) is 62.3 Å². The summed E-state index contributed by atoms with van der Waals surface area (Å²) < 4.78 is 170. The molecule has 7 heterocycles. The number of aromatic nitrogens is 11. The van der Waals surface area contributed by atoms with Gasteiger partial charge in [-0.2, -0.15) is 38.0 Å². The van der Waals surface area contributed by atoms with Crippen LogP contribution in [0.25, 0.3) is 38.8 Å². The Balaban J connectivity index is 0.000000174. The van der Waals surface area contributed by atoms with Crippen LogP contribution in [0, 0.1) is 12.8 Å². The van der Waals surface area contributed by atoms with Crippen LogP contribution in [0.1, 0.15) is 294 Å². The van der Waals surface area contributed by atoms with Crippen molar-refractivity contribution in [3.05, 3.63) is 174 Å². The Morgan fingerprint density at radius 3 is 1.61 bits per heavy atom. The van der Waals surface area contributed by atoms with Gasteiger partial charge < -0.3 is 19.4 Å². The maximum absolute atomic E-state index is 13.6. The van der Waals surface area contributed by atoms with Gasteiger partial charge in [-0.3, -0.25) is 28.3 Å². The first-order valence-electron chi connectivity index (χ1n) is 35.2. The lowest BCUT2D eigenvalue weighted by Crippen LogP contribution is -2.18.